The summed E-state index contributed by atoms with van der Waals surface area (Å²) in [5.41, 5.74) is 1.54. The van der Waals surface area contributed by atoms with Gasteiger partial charge >= 0.3 is 5.97 Å². The third-order valence-electron chi connectivity index (χ3n) is 3.71. The lowest BCUT2D eigenvalue weighted by Gasteiger charge is -2.11. The molecule has 0 radical (unpaired) electrons. The number of ketones is 1. The van der Waals surface area contributed by atoms with Crippen LogP contribution < -0.4 is 9.47 Å². The van der Waals surface area contributed by atoms with E-state index in [1.54, 1.807) is 19.1 Å². The first-order chi connectivity index (χ1) is 12.6. The number of fused-ring (bicyclic) bond motifs is 1. The molecule has 0 unspecified atom stereocenters. The second-order valence-electron chi connectivity index (χ2n) is 5.44. The number of methoxy groups -OCH3 is 1. The number of Topliss-reactive ketones (excluding diaryl/α,β-unsaturated/α-hetero) is 1. The predicted molar refractivity (Wildman–Crippen MR) is 99.7 cm³/mol. The lowest BCUT2D eigenvalue weighted by atomic mass is 10.1. The van der Waals surface area contributed by atoms with Gasteiger partial charge in [-0.2, -0.15) is 0 Å². The molecule has 0 amide bonds. The largest absolute Gasteiger partial charge is 0.493 e. The van der Waals surface area contributed by atoms with E-state index in [9.17, 15) is 9.59 Å². The average molecular weight is 370 g/mol. The van der Waals surface area contributed by atoms with Gasteiger partial charge in [-0.15, -0.1) is 0 Å². The Labute approximate surface area is 155 Å². The van der Waals surface area contributed by atoms with Gasteiger partial charge in [0.25, 0.3) is 0 Å². The van der Waals surface area contributed by atoms with Crippen LogP contribution in [0.2, 0.25) is 0 Å². The van der Waals surface area contributed by atoms with E-state index in [-0.39, 0.29) is 12.4 Å². The Morgan fingerprint density at radius 1 is 1.15 bits per heavy atom. The SMILES string of the molecule is CCOC(=O)COc1ccc(C=C2Sc3ccccc3C2=O)cc1OC. The number of rotatable bonds is 6. The van der Waals surface area contributed by atoms with E-state index in [1.165, 1.54) is 18.9 Å². The summed E-state index contributed by atoms with van der Waals surface area (Å²) in [6, 6.07) is 12.8. The molecule has 5 nitrogen and oxygen atoms in total. The normalized spacial score (nSPS) is 14.2. The fourth-order valence-electron chi connectivity index (χ4n) is 2.52. The molecule has 1 heterocycles. The van der Waals surface area contributed by atoms with Crippen molar-refractivity contribution in [3.05, 3.63) is 58.5 Å². The van der Waals surface area contributed by atoms with Crippen molar-refractivity contribution >= 4 is 29.6 Å². The van der Waals surface area contributed by atoms with Crippen molar-refractivity contribution in [2.75, 3.05) is 20.3 Å². The fraction of sp³-hybridized carbons (Fsp3) is 0.200. The Bertz CT molecular complexity index is 872. The van der Waals surface area contributed by atoms with E-state index in [2.05, 4.69) is 0 Å². The molecule has 6 heteroatoms. The van der Waals surface area contributed by atoms with Gasteiger partial charge in [-0.25, -0.2) is 4.79 Å². The first-order valence-corrected chi connectivity index (χ1v) is 8.93. The molecule has 2 aromatic carbocycles. The molecule has 26 heavy (non-hydrogen) atoms. The third-order valence-corrected chi connectivity index (χ3v) is 4.81. The molecule has 1 aliphatic heterocycles. The number of hydrogen-bond acceptors (Lipinski definition) is 6. The van der Waals surface area contributed by atoms with Gasteiger partial charge < -0.3 is 14.2 Å². The van der Waals surface area contributed by atoms with Gasteiger partial charge in [-0.3, -0.25) is 4.79 Å². The van der Waals surface area contributed by atoms with E-state index >= 15 is 0 Å². The highest BCUT2D eigenvalue weighted by Crippen LogP contribution is 2.41. The number of esters is 1. The van der Waals surface area contributed by atoms with Crippen molar-refractivity contribution in [2.24, 2.45) is 0 Å². The Kier molecular flexibility index (Phi) is 5.63. The molecule has 0 saturated heterocycles. The standard InChI is InChI=1S/C20H18O5S/c1-3-24-19(21)12-25-15-9-8-13(10-16(15)23-2)11-18-20(22)14-6-4-5-7-17(14)26-18/h4-11H,3,12H2,1-2H3. The first-order valence-electron chi connectivity index (χ1n) is 8.12. The molecule has 0 N–H and O–H groups in total. The summed E-state index contributed by atoms with van der Waals surface area (Å²) in [6.07, 6.45) is 1.82. The number of carbonyl (C=O) groups is 2. The molecule has 134 valence electrons. The summed E-state index contributed by atoms with van der Waals surface area (Å²) < 4.78 is 15.6. The van der Waals surface area contributed by atoms with Crippen LogP contribution in [0.1, 0.15) is 22.8 Å². The minimum absolute atomic E-state index is 0.0206. The quantitative estimate of drug-likeness (QED) is 0.566. The molecule has 1 aliphatic rings. The lowest BCUT2D eigenvalue weighted by molar-refractivity contribution is -0.145. The smallest absolute Gasteiger partial charge is 0.344 e. The molecule has 0 aliphatic carbocycles. The zero-order valence-corrected chi connectivity index (χ0v) is 15.3. The van der Waals surface area contributed by atoms with Crippen molar-refractivity contribution in [3.63, 3.8) is 0 Å². The molecule has 0 fully saturated rings. The maximum absolute atomic E-state index is 12.5. The minimum Gasteiger partial charge on any atom is -0.493 e. The monoisotopic (exact) mass is 370 g/mol. The van der Waals surface area contributed by atoms with Crippen molar-refractivity contribution in [3.8, 4) is 11.5 Å². The molecule has 0 aromatic heterocycles. The fourth-order valence-corrected chi connectivity index (χ4v) is 3.57. The van der Waals surface area contributed by atoms with Crippen LogP contribution in [0, 0.1) is 0 Å². The molecule has 0 saturated carbocycles. The van der Waals surface area contributed by atoms with Gasteiger partial charge in [0.05, 0.1) is 18.6 Å². The summed E-state index contributed by atoms with van der Waals surface area (Å²) in [4.78, 5) is 25.5. The summed E-state index contributed by atoms with van der Waals surface area (Å²) in [5.74, 6) is 0.506. The predicted octanol–water partition coefficient (Wildman–Crippen LogP) is 3.97. The van der Waals surface area contributed by atoms with Crippen LogP contribution in [0.15, 0.2) is 52.3 Å². The highest BCUT2D eigenvalue weighted by molar-refractivity contribution is 8.04. The minimum atomic E-state index is -0.438. The second-order valence-corrected chi connectivity index (χ2v) is 6.52. The highest BCUT2D eigenvalue weighted by atomic mass is 32.2. The van der Waals surface area contributed by atoms with Gasteiger partial charge in [-0.05, 0) is 42.8 Å². The van der Waals surface area contributed by atoms with Crippen molar-refractivity contribution < 1.29 is 23.8 Å². The number of carbonyl (C=O) groups excluding carboxylic acids is 2. The van der Waals surface area contributed by atoms with E-state index in [0.717, 1.165) is 16.0 Å². The van der Waals surface area contributed by atoms with Gasteiger partial charge in [-0.1, -0.05) is 30.0 Å². The molecule has 2 aromatic rings. The Morgan fingerprint density at radius 2 is 1.96 bits per heavy atom. The summed E-state index contributed by atoms with van der Waals surface area (Å²) in [7, 11) is 1.52. The van der Waals surface area contributed by atoms with Gasteiger partial charge in [0, 0.05) is 10.5 Å². The average Bonchev–Trinajstić information content (AvgIpc) is 2.96. The van der Waals surface area contributed by atoms with Gasteiger partial charge in [0.1, 0.15) is 0 Å². The molecular formula is C20H18O5S. The number of ether oxygens (including phenoxy) is 3. The molecule has 0 bridgehead atoms. The maximum atomic E-state index is 12.5. The number of allylic oxidation sites excluding steroid dienone is 1. The van der Waals surface area contributed by atoms with Crippen LogP contribution in [-0.4, -0.2) is 32.1 Å². The Hall–Kier alpha value is -2.73. The molecule has 0 atom stereocenters. The van der Waals surface area contributed by atoms with E-state index in [1.807, 2.05) is 36.4 Å². The Balaban J connectivity index is 1.78. The molecule has 3 rings (SSSR count). The maximum Gasteiger partial charge on any atom is 0.344 e. The summed E-state index contributed by atoms with van der Waals surface area (Å²) in [5, 5.41) is 0. The number of benzene rings is 2. The number of thioether (sulfide) groups is 1. The second kappa shape index (κ2) is 8.10. The van der Waals surface area contributed by atoms with Gasteiger partial charge in [0.2, 0.25) is 5.78 Å². The first kappa shape index (κ1) is 18.1. The van der Waals surface area contributed by atoms with Crippen LogP contribution in [0.3, 0.4) is 0 Å². The highest BCUT2D eigenvalue weighted by Gasteiger charge is 2.25. The third kappa shape index (κ3) is 3.91. The van der Waals surface area contributed by atoms with Crippen molar-refractivity contribution in [1.82, 2.24) is 0 Å². The van der Waals surface area contributed by atoms with Crippen LogP contribution in [-0.2, 0) is 9.53 Å². The zero-order valence-electron chi connectivity index (χ0n) is 14.5. The van der Waals surface area contributed by atoms with Crippen LogP contribution in [0.25, 0.3) is 6.08 Å². The number of hydrogen-bond donors (Lipinski definition) is 0. The van der Waals surface area contributed by atoms with Crippen LogP contribution in [0.4, 0.5) is 0 Å². The molecule has 0 spiro atoms. The van der Waals surface area contributed by atoms with Crippen LogP contribution in [0.5, 0.6) is 11.5 Å². The van der Waals surface area contributed by atoms with E-state index in [0.29, 0.717) is 23.0 Å². The van der Waals surface area contributed by atoms with Crippen molar-refractivity contribution in [2.45, 2.75) is 11.8 Å². The summed E-state index contributed by atoms with van der Waals surface area (Å²) in [6.45, 7) is 1.86. The van der Waals surface area contributed by atoms with E-state index < -0.39 is 5.97 Å². The topological polar surface area (TPSA) is 61.8 Å². The van der Waals surface area contributed by atoms with Gasteiger partial charge in [0.15, 0.2) is 18.1 Å². The lowest BCUT2D eigenvalue weighted by Crippen LogP contribution is -2.14. The molecular weight excluding hydrogens is 352 g/mol. The summed E-state index contributed by atoms with van der Waals surface area (Å²) >= 11 is 1.45. The Morgan fingerprint density at radius 3 is 2.69 bits per heavy atom. The van der Waals surface area contributed by atoms with E-state index in [4.69, 9.17) is 14.2 Å². The van der Waals surface area contributed by atoms with Crippen molar-refractivity contribution in [1.29, 1.82) is 0 Å². The van der Waals surface area contributed by atoms with Crippen LogP contribution >= 0.6 is 11.8 Å². The zero-order chi connectivity index (χ0) is 18.5.